The number of rotatable bonds is 9. The summed E-state index contributed by atoms with van der Waals surface area (Å²) >= 11 is 0. The molecule has 3 aromatic heterocycles. The predicted octanol–water partition coefficient (Wildman–Crippen LogP) is 10.9. The van der Waals surface area contributed by atoms with Crippen LogP contribution in [0.2, 0.25) is 0 Å². The van der Waals surface area contributed by atoms with Crippen molar-refractivity contribution in [2.45, 2.75) is 61.3 Å². The third-order valence-corrected chi connectivity index (χ3v) is 9.44. The summed E-state index contributed by atoms with van der Waals surface area (Å²) in [5.41, 5.74) is 11.9. The average Bonchev–Trinajstić information content (AvgIpc) is 3.69. The Kier molecular flexibility index (Phi) is 10.1. The van der Waals surface area contributed by atoms with Gasteiger partial charge in [0.25, 0.3) is 0 Å². The Morgan fingerprint density at radius 3 is 2.18 bits per heavy atom. The fraction of sp³-hybridized carbons (Fsp3) is 0.256. The minimum Gasteiger partial charge on any atom is -0.509 e. The first-order valence-electron chi connectivity index (χ1n) is 17.0. The van der Waals surface area contributed by atoms with Crippen LogP contribution in [0.25, 0.3) is 44.4 Å². The summed E-state index contributed by atoms with van der Waals surface area (Å²) in [7, 11) is 0. The summed E-state index contributed by atoms with van der Waals surface area (Å²) in [5, 5.41) is 6.84. The number of hydrogen-bond donors (Lipinski definition) is 0. The summed E-state index contributed by atoms with van der Waals surface area (Å²) < 4.78 is 24.5. The van der Waals surface area contributed by atoms with Crippen molar-refractivity contribution in [3.8, 4) is 34.1 Å². The van der Waals surface area contributed by atoms with Crippen LogP contribution in [0.15, 0.2) is 85.3 Å². The number of nitrogens with zero attached hydrogens (tertiary/aromatic N) is 4. The van der Waals surface area contributed by atoms with Crippen LogP contribution < -0.4 is 4.74 Å². The summed E-state index contributed by atoms with van der Waals surface area (Å²) in [6.45, 7) is 16.0. The van der Waals surface area contributed by atoms with E-state index in [4.69, 9.17) is 9.84 Å². The third-order valence-electron chi connectivity index (χ3n) is 9.44. The molecule has 0 atom stereocenters. The Morgan fingerprint density at radius 2 is 1.48 bits per heavy atom. The van der Waals surface area contributed by atoms with E-state index >= 15 is 0 Å². The van der Waals surface area contributed by atoms with Crippen LogP contribution in [0.5, 0.6) is 11.5 Å². The molecule has 0 N–H and O–H groups in total. The molecule has 7 rings (SSSR count). The van der Waals surface area contributed by atoms with Gasteiger partial charge >= 0.3 is 21.1 Å². The van der Waals surface area contributed by atoms with E-state index in [9.17, 15) is 4.39 Å². The molecular weight excluding hydrogens is 803 g/mol. The predicted molar refractivity (Wildman–Crippen MR) is 197 cm³/mol. The Morgan fingerprint density at radius 1 is 0.780 bits per heavy atom. The molecule has 7 aromatic rings. The van der Waals surface area contributed by atoms with E-state index in [1.54, 1.807) is 0 Å². The summed E-state index contributed by atoms with van der Waals surface area (Å²) in [4.78, 5) is 4.46. The molecular formula is C43H41FN4OPt. The summed E-state index contributed by atoms with van der Waals surface area (Å²) in [5.74, 6) is 2.26. The quantitative estimate of drug-likeness (QED) is 0.136. The van der Waals surface area contributed by atoms with Crippen molar-refractivity contribution in [2.24, 2.45) is 11.8 Å². The normalized spacial score (nSPS) is 11.6. The van der Waals surface area contributed by atoms with Crippen LogP contribution in [0.3, 0.4) is 0 Å². The molecule has 0 bridgehead atoms. The van der Waals surface area contributed by atoms with Crippen molar-refractivity contribution >= 4 is 21.8 Å². The van der Waals surface area contributed by atoms with E-state index in [-0.39, 0.29) is 26.9 Å². The van der Waals surface area contributed by atoms with Gasteiger partial charge in [0, 0.05) is 41.0 Å². The van der Waals surface area contributed by atoms with Crippen LogP contribution in [-0.2, 0) is 33.9 Å². The topological polar surface area (TPSA) is 44.9 Å². The van der Waals surface area contributed by atoms with Gasteiger partial charge in [-0.25, -0.2) is 9.37 Å². The molecule has 0 unspecified atom stereocenters. The molecule has 4 aromatic carbocycles. The van der Waals surface area contributed by atoms with Crippen LogP contribution in [0, 0.1) is 50.6 Å². The van der Waals surface area contributed by atoms with Crippen LogP contribution in [-0.4, -0.2) is 19.3 Å². The zero-order valence-corrected chi connectivity index (χ0v) is 31.8. The van der Waals surface area contributed by atoms with Gasteiger partial charge in [-0.15, -0.1) is 35.7 Å². The number of halogens is 1. The maximum absolute atomic E-state index is 14.3. The smallest absolute Gasteiger partial charge is 0.509 e. The van der Waals surface area contributed by atoms with Gasteiger partial charge in [-0.05, 0) is 102 Å². The largest absolute Gasteiger partial charge is 2.00 e. The zero-order chi connectivity index (χ0) is 34.4. The molecule has 50 heavy (non-hydrogen) atoms. The first-order valence-corrected chi connectivity index (χ1v) is 17.0. The first-order chi connectivity index (χ1) is 23.6. The molecule has 0 fully saturated rings. The van der Waals surface area contributed by atoms with Crippen molar-refractivity contribution in [3.05, 3.63) is 131 Å². The maximum atomic E-state index is 14.3. The van der Waals surface area contributed by atoms with E-state index in [1.165, 1.54) is 51.7 Å². The number of pyridine rings is 1. The average molecular weight is 844 g/mol. The molecule has 7 heteroatoms. The number of aromatic nitrogens is 4. The fourth-order valence-electron chi connectivity index (χ4n) is 6.99. The van der Waals surface area contributed by atoms with Gasteiger partial charge in [0.2, 0.25) is 0 Å². The molecule has 0 saturated carbocycles. The molecule has 256 valence electrons. The molecule has 0 aliphatic rings. The molecule has 0 saturated heterocycles. The Labute approximate surface area is 308 Å². The Balaban J connectivity index is 0.00000432. The van der Waals surface area contributed by atoms with Gasteiger partial charge in [-0.1, -0.05) is 51.4 Å². The number of hydrogen-bond acceptors (Lipinski definition) is 3. The van der Waals surface area contributed by atoms with Crippen molar-refractivity contribution < 1.29 is 30.2 Å². The van der Waals surface area contributed by atoms with Crippen LogP contribution >= 0.6 is 0 Å². The van der Waals surface area contributed by atoms with Gasteiger partial charge in [-0.3, -0.25) is 4.68 Å². The van der Waals surface area contributed by atoms with E-state index in [2.05, 4.69) is 71.8 Å². The molecule has 5 nitrogen and oxygen atoms in total. The van der Waals surface area contributed by atoms with E-state index in [1.807, 2.05) is 70.0 Å². The SMILES string of the molecule is Cc1c(C)c(CC(C)C)c(-c2cnn(-c3[c-]c(Oc4[c-]c5c(cc4)c4ccccc4n5-c4cc(F)ccn4)ccc3)c2)c(CC(C)C)c1C.[Pt+2]. The van der Waals surface area contributed by atoms with E-state index in [0.29, 0.717) is 29.2 Å². The molecule has 3 heterocycles. The van der Waals surface area contributed by atoms with Crippen LogP contribution in [0.1, 0.15) is 55.5 Å². The minimum atomic E-state index is -0.350. The standard InChI is InChI=1S/C43H41FN4O.Pt/c1-26(2)19-38-29(6)28(5)30(7)39(20-27(3)4)43(38)31-24-46-47(25-31)33-11-10-12-34(22-33)49-35-15-16-37-36-13-8-9-14-40(36)48(41(37)23-35)42-21-32(44)17-18-45-42;/h8-18,21,24-27H,19-20H2,1-7H3;/q-2;+2. The van der Waals surface area contributed by atoms with Crippen molar-refractivity contribution in [1.82, 2.24) is 19.3 Å². The van der Waals surface area contributed by atoms with Gasteiger partial charge in [0.15, 0.2) is 0 Å². The van der Waals surface area contributed by atoms with Gasteiger partial charge < -0.3 is 9.30 Å². The molecule has 0 radical (unpaired) electrons. The van der Waals surface area contributed by atoms with Crippen molar-refractivity contribution in [1.29, 1.82) is 0 Å². The molecule has 0 aliphatic carbocycles. The van der Waals surface area contributed by atoms with Gasteiger partial charge in [0.1, 0.15) is 11.6 Å². The van der Waals surface area contributed by atoms with Gasteiger partial charge in [0.05, 0.1) is 6.20 Å². The second-order valence-corrected chi connectivity index (χ2v) is 13.8. The Bertz CT molecular complexity index is 2300. The fourth-order valence-corrected chi connectivity index (χ4v) is 6.99. The first kappa shape index (κ1) is 35.3. The number of fused-ring (bicyclic) bond motifs is 3. The summed E-state index contributed by atoms with van der Waals surface area (Å²) in [6, 6.07) is 27.4. The van der Waals surface area contributed by atoms with Crippen LogP contribution in [0.4, 0.5) is 4.39 Å². The second kappa shape index (κ2) is 14.4. The maximum Gasteiger partial charge on any atom is 2.00 e. The number of para-hydroxylation sites is 1. The van der Waals surface area contributed by atoms with Crippen molar-refractivity contribution in [3.63, 3.8) is 0 Å². The molecule has 0 amide bonds. The monoisotopic (exact) mass is 843 g/mol. The Hall–Kier alpha value is -4.54. The van der Waals surface area contributed by atoms with Gasteiger partial charge in [-0.2, -0.15) is 17.2 Å². The molecule has 0 spiro atoms. The third kappa shape index (κ3) is 6.66. The second-order valence-electron chi connectivity index (χ2n) is 13.8. The zero-order valence-electron chi connectivity index (χ0n) is 29.5. The number of benzene rings is 4. The van der Waals surface area contributed by atoms with E-state index < -0.39 is 0 Å². The molecule has 0 aliphatic heterocycles. The minimum absolute atomic E-state index is 0. The van der Waals surface area contributed by atoms with E-state index in [0.717, 1.165) is 45.9 Å². The summed E-state index contributed by atoms with van der Waals surface area (Å²) in [6.07, 6.45) is 7.62. The van der Waals surface area contributed by atoms with Crippen molar-refractivity contribution in [2.75, 3.05) is 0 Å². The number of ether oxygens (including phenoxy) is 1.